The predicted molar refractivity (Wildman–Crippen MR) is 83.8 cm³/mol. The van der Waals surface area contributed by atoms with Crippen LogP contribution in [0, 0.1) is 5.82 Å². The van der Waals surface area contributed by atoms with Crippen LogP contribution in [0.3, 0.4) is 0 Å². The minimum absolute atomic E-state index is 0.0729. The summed E-state index contributed by atoms with van der Waals surface area (Å²) in [4.78, 5) is 14.2. The zero-order chi connectivity index (χ0) is 14.8. The third kappa shape index (κ3) is 2.97. The number of halogens is 1. The molecule has 3 nitrogen and oxygen atoms in total. The maximum atomic E-state index is 12.9. The van der Waals surface area contributed by atoms with E-state index in [9.17, 15) is 9.18 Å². The Bertz CT molecular complexity index is 591. The molecule has 1 aliphatic heterocycles. The number of rotatable bonds is 2. The Balaban J connectivity index is 1.80. The van der Waals surface area contributed by atoms with Gasteiger partial charge in [0, 0.05) is 6.04 Å². The van der Waals surface area contributed by atoms with Gasteiger partial charge < -0.3 is 5.32 Å². The number of thiocarbonyl (C=S) groups is 1. The topological polar surface area (TPSA) is 32.3 Å². The number of nitrogens with one attached hydrogen (secondary N) is 1. The van der Waals surface area contributed by atoms with E-state index < -0.39 is 0 Å². The molecule has 1 aromatic carbocycles. The standard InChI is InChI=1S/C16H17FN2OS/c17-12-8-6-11(7-9-12)10-14-15(20)19(16(21)18-14)13-4-2-1-3-5-13/h6-10,13H,1-5H2,(H,18,21)/b14-10-. The molecule has 5 heteroatoms. The van der Waals surface area contributed by atoms with Crippen LogP contribution in [-0.2, 0) is 4.79 Å². The zero-order valence-corrected chi connectivity index (χ0v) is 12.5. The molecule has 0 atom stereocenters. The van der Waals surface area contributed by atoms with Crippen molar-refractivity contribution in [3.8, 4) is 0 Å². The van der Waals surface area contributed by atoms with Crippen LogP contribution < -0.4 is 5.32 Å². The van der Waals surface area contributed by atoms with Crippen LogP contribution in [-0.4, -0.2) is 22.0 Å². The largest absolute Gasteiger partial charge is 0.328 e. The smallest absolute Gasteiger partial charge is 0.276 e. The summed E-state index contributed by atoms with van der Waals surface area (Å²) < 4.78 is 12.9. The van der Waals surface area contributed by atoms with E-state index in [4.69, 9.17) is 12.2 Å². The molecule has 1 saturated heterocycles. The second-order valence-corrected chi connectivity index (χ2v) is 5.89. The Labute approximate surface area is 128 Å². The lowest BCUT2D eigenvalue weighted by Gasteiger charge is -2.29. The fraction of sp³-hybridized carbons (Fsp3) is 0.375. The minimum Gasteiger partial charge on any atom is -0.328 e. The summed E-state index contributed by atoms with van der Waals surface area (Å²) in [6.45, 7) is 0. The minimum atomic E-state index is -0.290. The number of hydrogen-bond acceptors (Lipinski definition) is 2. The second kappa shape index (κ2) is 5.93. The van der Waals surface area contributed by atoms with Gasteiger partial charge in [-0.15, -0.1) is 0 Å². The van der Waals surface area contributed by atoms with Crippen molar-refractivity contribution in [2.75, 3.05) is 0 Å². The summed E-state index contributed by atoms with van der Waals surface area (Å²) in [5.74, 6) is -0.363. The van der Waals surface area contributed by atoms with Crippen LogP contribution in [0.15, 0.2) is 30.0 Å². The summed E-state index contributed by atoms with van der Waals surface area (Å²) in [5.41, 5.74) is 1.25. The maximum Gasteiger partial charge on any atom is 0.276 e. The Morgan fingerprint density at radius 2 is 1.86 bits per heavy atom. The molecule has 0 bridgehead atoms. The zero-order valence-electron chi connectivity index (χ0n) is 11.6. The molecular weight excluding hydrogens is 287 g/mol. The molecule has 0 unspecified atom stereocenters. The molecule has 0 aromatic heterocycles. The molecule has 1 heterocycles. The van der Waals surface area contributed by atoms with Crippen LogP contribution in [0.4, 0.5) is 4.39 Å². The summed E-state index contributed by atoms with van der Waals surface area (Å²) in [5, 5.41) is 3.48. The monoisotopic (exact) mass is 304 g/mol. The third-order valence-electron chi connectivity index (χ3n) is 4.03. The highest BCUT2D eigenvalue weighted by Gasteiger charge is 2.36. The normalized spacial score (nSPS) is 22.0. The molecule has 21 heavy (non-hydrogen) atoms. The number of nitrogens with zero attached hydrogens (tertiary/aromatic N) is 1. The molecule has 3 rings (SSSR count). The average Bonchev–Trinajstić information content (AvgIpc) is 2.77. The molecule has 1 aromatic rings. The van der Waals surface area contributed by atoms with Crippen LogP contribution in [0.5, 0.6) is 0 Å². The lowest BCUT2D eigenvalue weighted by atomic mass is 9.94. The van der Waals surface area contributed by atoms with Crippen molar-refractivity contribution in [1.29, 1.82) is 0 Å². The van der Waals surface area contributed by atoms with E-state index >= 15 is 0 Å². The van der Waals surface area contributed by atoms with Crippen LogP contribution >= 0.6 is 12.2 Å². The van der Waals surface area contributed by atoms with Crippen LogP contribution in [0.25, 0.3) is 6.08 Å². The Hall–Kier alpha value is -1.75. The van der Waals surface area contributed by atoms with Crippen molar-refractivity contribution < 1.29 is 9.18 Å². The second-order valence-electron chi connectivity index (χ2n) is 5.51. The predicted octanol–water partition coefficient (Wildman–Crippen LogP) is 3.22. The van der Waals surface area contributed by atoms with Gasteiger partial charge in [0.05, 0.1) is 0 Å². The number of hydrogen-bond donors (Lipinski definition) is 1. The van der Waals surface area contributed by atoms with Crippen molar-refractivity contribution in [2.24, 2.45) is 0 Å². The summed E-state index contributed by atoms with van der Waals surface area (Å²) >= 11 is 5.31. The molecule has 0 radical (unpaired) electrons. The van der Waals surface area contributed by atoms with Gasteiger partial charge >= 0.3 is 0 Å². The van der Waals surface area contributed by atoms with E-state index in [0.717, 1.165) is 31.2 Å². The van der Waals surface area contributed by atoms with Crippen molar-refractivity contribution >= 4 is 29.3 Å². The Kier molecular flexibility index (Phi) is 4.01. The molecule has 1 saturated carbocycles. The molecule has 1 aliphatic carbocycles. The molecule has 1 amide bonds. The first-order valence-electron chi connectivity index (χ1n) is 7.27. The Morgan fingerprint density at radius 1 is 1.19 bits per heavy atom. The first kappa shape index (κ1) is 14.2. The van der Waals surface area contributed by atoms with Gasteiger partial charge in [0.2, 0.25) is 0 Å². The molecular formula is C16H17FN2OS. The van der Waals surface area contributed by atoms with Gasteiger partial charge in [0.25, 0.3) is 5.91 Å². The van der Waals surface area contributed by atoms with Gasteiger partial charge in [-0.3, -0.25) is 9.69 Å². The van der Waals surface area contributed by atoms with Crippen molar-refractivity contribution in [1.82, 2.24) is 10.2 Å². The van der Waals surface area contributed by atoms with Crippen LogP contribution in [0.1, 0.15) is 37.7 Å². The number of amides is 1. The van der Waals surface area contributed by atoms with Gasteiger partial charge in [0.15, 0.2) is 5.11 Å². The highest BCUT2D eigenvalue weighted by molar-refractivity contribution is 7.80. The van der Waals surface area contributed by atoms with E-state index in [1.165, 1.54) is 18.6 Å². The molecule has 2 aliphatic rings. The van der Waals surface area contributed by atoms with Gasteiger partial charge in [0.1, 0.15) is 11.5 Å². The van der Waals surface area contributed by atoms with Gasteiger partial charge in [-0.25, -0.2) is 4.39 Å². The highest BCUT2D eigenvalue weighted by atomic mass is 32.1. The summed E-state index contributed by atoms with van der Waals surface area (Å²) in [6.07, 6.45) is 7.27. The summed E-state index contributed by atoms with van der Waals surface area (Å²) in [6, 6.07) is 6.25. The highest BCUT2D eigenvalue weighted by Crippen LogP contribution is 2.26. The third-order valence-corrected chi connectivity index (χ3v) is 4.33. The van der Waals surface area contributed by atoms with E-state index in [-0.39, 0.29) is 17.8 Å². The Morgan fingerprint density at radius 3 is 2.52 bits per heavy atom. The maximum absolute atomic E-state index is 12.9. The first-order chi connectivity index (χ1) is 10.1. The number of carbonyl (C=O) groups is 1. The SMILES string of the molecule is O=C1/C(=C/c2ccc(F)cc2)NC(=S)N1C1CCCCC1. The van der Waals surface area contributed by atoms with E-state index in [1.54, 1.807) is 23.1 Å². The van der Waals surface area contributed by atoms with Crippen LogP contribution in [0.2, 0.25) is 0 Å². The lowest BCUT2D eigenvalue weighted by molar-refractivity contribution is -0.124. The fourth-order valence-electron chi connectivity index (χ4n) is 2.95. The van der Waals surface area contributed by atoms with Crippen molar-refractivity contribution in [3.05, 3.63) is 41.3 Å². The molecule has 1 N–H and O–H groups in total. The van der Waals surface area contributed by atoms with E-state index in [2.05, 4.69) is 5.32 Å². The molecule has 2 fully saturated rings. The van der Waals surface area contributed by atoms with E-state index in [0.29, 0.717) is 10.8 Å². The van der Waals surface area contributed by atoms with Crippen molar-refractivity contribution in [3.63, 3.8) is 0 Å². The summed E-state index contributed by atoms with van der Waals surface area (Å²) in [7, 11) is 0. The van der Waals surface area contributed by atoms with E-state index in [1.807, 2.05) is 0 Å². The quantitative estimate of drug-likeness (QED) is 0.672. The first-order valence-corrected chi connectivity index (χ1v) is 7.68. The number of benzene rings is 1. The van der Waals surface area contributed by atoms with Gasteiger partial charge in [-0.2, -0.15) is 0 Å². The molecule has 0 spiro atoms. The number of carbonyl (C=O) groups excluding carboxylic acids is 1. The van der Waals surface area contributed by atoms with Gasteiger partial charge in [-0.05, 0) is 48.8 Å². The average molecular weight is 304 g/mol. The van der Waals surface area contributed by atoms with Gasteiger partial charge in [-0.1, -0.05) is 31.4 Å². The van der Waals surface area contributed by atoms with Crippen molar-refractivity contribution in [2.45, 2.75) is 38.1 Å². The molecule has 110 valence electrons. The lowest BCUT2D eigenvalue weighted by Crippen LogP contribution is -2.41. The fourth-order valence-corrected chi connectivity index (χ4v) is 3.29.